The molecular weight excluding hydrogens is 271 g/mol. The van der Waals surface area contributed by atoms with Gasteiger partial charge in [0, 0.05) is 0 Å². The first-order valence-corrected chi connectivity index (χ1v) is 6.04. The van der Waals surface area contributed by atoms with Gasteiger partial charge in [-0.15, -0.1) is 0 Å². The van der Waals surface area contributed by atoms with Gasteiger partial charge in [0.1, 0.15) is 12.4 Å². The molecule has 0 spiro atoms. The number of hydrogen-bond acceptors (Lipinski definition) is 1. The molecule has 0 unspecified atom stereocenters. The summed E-state index contributed by atoms with van der Waals surface area (Å²) in [5, 5.41) is 0. The number of aryl methyl sites for hydroxylation is 1. The van der Waals surface area contributed by atoms with Crippen LogP contribution in [0.25, 0.3) is 0 Å². The normalized spacial score (nSPS) is 11.4. The Balaban J connectivity index is 2.21. The third kappa shape index (κ3) is 3.53. The summed E-state index contributed by atoms with van der Waals surface area (Å²) in [6.45, 7) is -3.67. The first kappa shape index (κ1) is 14.4. The molecule has 2 rings (SSSR count). The van der Waals surface area contributed by atoms with Gasteiger partial charge in [-0.2, -0.15) is 0 Å². The topological polar surface area (TPSA) is 9.23 Å². The second-order valence-corrected chi connectivity index (χ2v) is 4.53. The van der Waals surface area contributed by atoms with E-state index in [0.29, 0.717) is 11.1 Å². The maximum Gasteiger partial charge on any atom is 0.513 e. The van der Waals surface area contributed by atoms with E-state index in [1.54, 1.807) is 19.1 Å². The maximum absolute atomic E-state index is 13.0. The second kappa shape index (κ2) is 5.57. The van der Waals surface area contributed by atoms with Crippen molar-refractivity contribution in [2.24, 2.45) is 0 Å². The Morgan fingerprint density at radius 1 is 1.05 bits per heavy atom. The molecule has 6 heteroatoms. The van der Waals surface area contributed by atoms with Crippen LogP contribution in [-0.2, 0) is 6.61 Å². The van der Waals surface area contributed by atoms with Gasteiger partial charge in [-0.3, -0.25) is 0 Å². The van der Waals surface area contributed by atoms with E-state index in [-0.39, 0.29) is 12.4 Å². The lowest BCUT2D eigenvalue weighted by atomic mass is 9.78. The summed E-state index contributed by atoms with van der Waals surface area (Å²) >= 11 is 0. The highest BCUT2D eigenvalue weighted by Crippen LogP contribution is 2.20. The maximum atomic E-state index is 13.0. The largest absolute Gasteiger partial charge is 0.513 e. The lowest BCUT2D eigenvalue weighted by Crippen LogP contribution is -2.35. The van der Waals surface area contributed by atoms with E-state index in [9.17, 15) is 17.3 Å². The molecule has 0 bridgehead atoms. The van der Waals surface area contributed by atoms with E-state index in [1.165, 1.54) is 24.3 Å². The van der Waals surface area contributed by atoms with Gasteiger partial charge in [0.05, 0.1) is 5.75 Å². The number of ether oxygens (including phenoxy) is 1. The summed E-state index contributed by atoms with van der Waals surface area (Å²) < 4.78 is 57.0. The van der Waals surface area contributed by atoms with Gasteiger partial charge in [-0.05, 0) is 30.7 Å². The molecule has 0 saturated heterocycles. The Bertz CT molecular complexity index is 610. The Morgan fingerprint density at radius 3 is 2.45 bits per heavy atom. The van der Waals surface area contributed by atoms with Gasteiger partial charge in [0.2, 0.25) is 0 Å². The van der Waals surface area contributed by atoms with Crippen LogP contribution in [0.4, 0.5) is 17.3 Å². The van der Waals surface area contributed by atoms with Gasteiger partial charge < -0.3 is 17.7 Å². The fraction of sp³-hybridized carbons (Fsp3) is 0.143. The lowest BCUT2D eigenvalue weighted by Gasteiger charge is -2.20. The van der Waals surface area contributed by atoms with E-state index in [2.05, 4.69) is 0 Å². The SMILES string of the molecule is Cc1ccc(OCc2cccc(F)c2)c([B-](F)(F)F)c1. The van der Waals surface area contributed by atoms with Crippen molar-refractivity contribution < 1.29 is 22.1 Å². The number of rotatable bonds is 4. The second-order valence-electron chi connectivity index (χ2n) is 4.53. The van der Waals surface area contributed by atoms with E-state index >= 15 is 0 Å². The number of benzene rings is 2. The van der Waals surface area contributed by atoms with Crippen LogP contribution in [0, 0.1) is 12.7 Å². The van der Waals surface area contributed by atoms with E-state index in [1.807, 2.05) is 0 Å². The van der Waals surface area contributed by atoms with Crippen LogP contribution in [0.15, 0.2) is 42.5 Å². The molecule has 1 nitrogen and oxygen atoms in total. The Hall–Kier alpha value is -1.98. The fourth-order valence-corrected chi connectivity index (χ4v) is 1.84. The lowest BCUT2D eigenvalue weighted by molar-refractivity contribution is 0.306. The van der Waals surface area contributed by atoms with E-state index < -0.39 is 18.3 Å². The molecule has 0 aliphatic heterocycles. The summed E-state index contributed by atoms with van der Waals surface area (Å²) in [6, 6.07) is 9.46. The van der Waals surface area contributed by atoms with Crippen LogP contribution >= 0.6 is 0 Å². The minimum atomic E-state index is -5.15. The molecule has 2 aromatic rings. The van der Waals surface area contributed by atoms with Crippen molar-refractivity contribution in [1.82, 2.24) is 0 Å². The third-order valence-electron chi connectivity index (χ3n) is 2.80. The first-order chi connectivity index (χ1) is 9.36. The number of hydrogen-bond donors (Lipinski definition) is 0. The fourth-order valence-electron chi connectivity index (χ4n) is 1.84. The summed E-state index contributed by atoms with van der Waals surface area (Å²) in [5.74, 6) is -0.678. The van der Waals surface area contributed by atoms with Crippen molar-refractivity contribution in [3.63, 3.8) is 0 Å². The first-order valence-electron chi connectivity index (χ1n) is 6.04. The molecule has 106 valence electrons. The molecule has 2 aromatic carbocycles. The minimum absolute atomic E-state index is 0.111. The molecule has 0 N–H and O–H groups in total. The van der Waals surface area contributed by atoms with Gasteiger partial charge in [0.25, 0.3) is 0 Å². The monoisotopic (exact) mass is 283 g/mol. The molecule has 0 atom stereocenters. The Morgan fingerprint density at radius 2 is 1.80 bits per heavy atom. The van der Waals surface area contributed by atoms with Crippen molar-refractivity contribution in [2.75, 3.05) is 0 Å². The Labute approximate surface area is 114 Å². The third-order valence-corrected chi connectivity index (χ3v) is 2.80. The van der Waals surface area contributed by atoms with Crippen LogP contribution in [0.3, 0.4) is 0 Å². The quantitative estimate of drug-likeness (QED) is 0.613. The van der Waals surface area contributed by atoms with Crippen molar-refractivity contribution in [3.8, 4) is 5.75 Å². The molecule has 0 aliphatic carbocycles. The van der Waals surface area contributed by atoms with Gasteiger partial charge in [-0.1, -0.05) is 35.3 Å². The van der Waals surface area contributed by atoms with Crippen molar-refractivity contribution in [2.45, 2.75) is 13.5 Å². The molecule has 0 heterocycles. The smallest absolute Gasteiger partial charge is 0.492 e. The highest BCUT2D eigenvalue weighted by molar-refractivity contribution is 6.74. The standard InChI is InChI=1S/C14H12BF4O/c1-10-5-6-14(13(7-10)15(17,18)19)20-9-11-3-2-4-12(16)8-11/h2-8H,9H2,1H3/q-1. The molecule has 0 aromatic heterocycles. The highest BCUT2D eigenvalue weighted by Gasteiger charge is 2.29. The molecule has 0 radical (unpaired) electrons. The van der Waals surface area contributed by atoms with Gasteiger partial charge >= 0.3 is 6.98 Å². The zero-order valence-corrected chi connectivity index (χ0v) is 10.7. The predicted octanol–water partition coefficient (Wildman–Crippen LogP) is 3.77. The molecule has 20 heavy (non-hydrogen) atoms. The molecule has 0 amide bonds. The molecule has 0 saturated carbocycles. The zero-order valence-electron chi connectivity index (χ0n) is 10.7. The van der Waals surface area contributed by atoms with Crippen molar-refractivity contribution in [1.29, 1.82) is 0 Å². The highest BCUT2D eigenvalue weighted by atomic mass is 19.4. The molecule has 0 aliphatic rings. The van der Waals surface area contributed by atoms with Crippen LogP contribution in [0.5, 0.6) is 5.75 Å². The van der Waals surface area contributed by atoms with E-state index in [4.69, 9.17) is 4.74 Å². The zero-order chi connectivity index (χ0) is 14.8. The predicted molar refractivity (Wildman–Crippen MR) is 70.6 cm³/mol. The average molecular weight is 283 g/mol. The van der Waals surface area contributed by atoms with Crippen molar-refractivity contribution >= 4 is 12.4 Å². The summed E-state index contributed by atoms with van der Waals surface area (Å²) in [5.41, 5.74) is 0.227. The minimum Gasteiger partial charge on any atom is -0.492 e. The van der Waals surface area contributed by atoms with Crippen LogP contribution in [0.2, 0.25) is 0 Å². The average Bonchev–Trinajstić information content (AvgIpc) is 2.36. The van der Waals surface area contributed by atoms with Crippen LogP contribution in [0.1, 0.15) is 11.1 Å². The summed E-state index contributed by atoms with van der Waals surface area (Å²) in [6.07, 6.45) is 0. The summed E-state index contributed by atoms with van der Waals surface area (Å²) in [4.78, 5) is 0. The van der Waals surface area contributed by atoms with E-state index in [0.717, 1.165) is 6.07 Å². The molecule has 0 fully saturated rings. The molecular formula is C14H12BF4O-. The van der Waals surface area contributed by atoms with Gasteiger partial charge in [-0.25, -0.2) is 4.39 Å². The number of halogens is 4. The van der Waals surface area contributed by atoms with Crippen molar-refractivity contribution in [3.05, 3.63) is 59.4 Å². The Kier molecular flexibility index (Phi) is 4.02. The van der Waals surface area contributed by atoms with Crippen LogP contribution in [-0.4, -0.2) is 6.98 Å². The summed E-state index contributed by atoms with van der Waals surface area (Å²) in [7, 11) is 0. The van der Waals surface area contributed by atoms with Crippen LogP contribution < -0.4 is 10.2 Å². The van der Waals surface area contributed by atoms with Gasteiger partial charge in [0.15, 0.2) is 0 Å².